The minimum absolute atomic E-state index is 0.0774. The summed E-state index contributed by atoms with van der Waals surface area (Å²) in [6.07, 6.45) is 1.59. The van der Waals surface area contributed by atoms with Crippen LogP contribution in [-0.4, -0.2) is 46.9 Å². The molecule has 0 unspecified atom stereocenters. The summed E-state index contributed by atoms with van der Waals surface area (Å²) in [4.78, 5) is 51.0. The van der Waals surface area contributed by atoms with Crippen LogP contribution in [0.25, 0.3) is 11.8 Å². The molecule has 9 nitrogen and oxygen atoms in total. The topological polar surface area (TPSA) is 110 Å². The Kier molecular flexibility index (Phi) is 6.97. The number of aromatic nitrogens is 1. The molecule has 2 aromatic carbocycles. The fraction of sp³-hybridized carbons (Fsp3) is 0.214. The van der Waals surface area contributed by atoms with E-state index in [1.807, 2.05) is 56.5 Å². The Balaban J connectivity index is 1.58. The third kappa shape index (κ3) is 5.02. The summed E-state index contributed by atoms with van der Waals surface area (Å²) >= 11 is 0. The first kappa shape index (κ1) is 25.4. The van der Waals surface area contributed by atoms with E-state index in [4.69, 9.17) is 4.74 Å². The standard InChI is InChI=1S/C28H28N4O5/c1-16-8-6-9-21(12-16)29-25(33)15-31-26(34)23(30-28(31)36)14-20-13-17(2)32(19(20)4)24-11-7-10-22(18(24)3)27(35)37-5/h6-14H,15H2,1-5H3,(H,29,33)(H,30,36)/b23-14+. The van der Waals surface area contributed by atoms with E-state index >= 15 is 0 Å². The number of urea groups is 1. The number of anilines is 1. The number of esters is 1. The molecule has 2 N–H and O–H groups in total. The van der Waals surface area contributed by atoms with E-state index in [1.165, 1.54) is 7.11 Å². The van der Waals surface area contributed by atoms with Crippen molar-refractivity contribution in [1.29, 1.82) is 0 Å². The van der Waals surface area contributed by atoms with Crippen molar-refractivity contribution in [1.82, 2.24) is 14.8 Å². The molecule has 1 aliphatic heterocycles. The van der Waals surface area contributed by atoms with Gasteiger partial charge < -0.3 is 19.9 Å². The van der Waals surface area contributed by atoms with Gasteiger partial charge in [-0.05, 0) is 80.8 Å². The van der Waals surface area contributed by atoms with Gasteiger partial charge in [-0.1, -0.05) is 18.2 Å². The van der Waals surface area contributed by atoms with Gasteiger partial charge in [-0.3, -0.25) is 9.59 Å². The molecule has 0 saturated carbocycles. The molecule has 1 fully saturated rings. The van der Waals surface area contributed by atoms with E-state index in [9.17, 15) is 19.2 Å². The maximum Gasteiger partial charge on any atom is 0.338 e. The van der Waals surface area contributed by atoms with Crippen molar-refractivity contribution >= 4 is 35.6 Å². The van der Waals surface area contributed by atoms with Crippen LogP contribution in [0.2, 0.25) is 0 Å². The molecular formula is C28H28N4O5. The third-order valence-electron chi connectivity index (χ3n) is 6.29. The normalized spacial score (nSPS) is 14.2. The Bertz CT molecular complexity index is 1470. The number of benzene rings is 2. The SMILES string of the molecule is COC(=O)c1cccc(-n2c(C)cc(/C=C3/NC(=O)N(CC(=O)Nc4cccc(C)c4)C3=O)c2C)c1C. The summed E-state index contributed by atoms with van der Waals surface area (Å²) < 4.78 is 6.87. The Morgan fingerprint density at radius 2 is 1.76 bits per heavy atom. The molecule has 4 rings (SSSR count). The van der Waals surface area contributed by atoms with Gasteiger partial charge in [0.15, 0.2) is 0 Å². The molecule has 0 atom stereocenters. The highest BCUT2D eigenvalue weighted by Crippen LogP contribution is 2.27. The van der Waals surface area contributed by atoms with Gasteiger partial charge in [0.2, 0.25) is 5.91 Å². The number of imide groups is 1. The van der Waals surface area contributed by atoms with Gasteiger partial charge in [-0.15, -0.1) is 0 Å². The Hall–Kier alpha value is -4.66. The summed E-state index contributed by atoms with van der Waals surface area (Å²) in [5, 5.41) is 5.27. The van der Waals surface area contributed by atoms with Crippen molar-refractivity contribution in [3.05, 3.63) is 87.9 Å². The number of hydrogen-bond donors (Lipinski definition) is 2. The van der Waals surface area contributed by atoms with E-state index < -0.39 is 30.4 Å². The van der Waals surface area contributed by atoms with Crippen LogP contribution in [0.3, 0.4) is 0 Å². The van der Waals surface area contributed by atoms with E-state index in [0.717, 1.165) is 38.7 Å². The predicted molar refractivity (Wildman–Crippen MR) is 139 cm³/mol. The lowest BCUT2D eigenvalue weighted by Crippen LogP contribution is -2.38. The van der Waals surface area contributed by atoms with Crippen molar-refractivity contribution in [3.8, 4) is 5.69 Å². The molecule has 1 saturated heterocycles. The van der Waals surface area contributed by atoms with Crippen LogP contribution in [0.5, 0.6) is 0 Å². The predicted octanol–water partition coefficient (Wildman–Crippen LogP) is 4.03. The third-order valence-corrected chi connectivity index (χ3v) is 6.29. The summed E-state index contributed by atoms with van der Waals surface area (Å²) in [6, 6.07) is 13.9. The van der Waals surface area contributed by atoms with Gasteiger partial charge >= 0.3 is 12.0 Å². The lowest BCUT2D eigenvalue weighted by molar-refractivity contribution is -0.127. The Labute approximate surface area is 214 Å². The smallest absolute Gasteiger partial charge is 0.338 e. The Morgan fingerprint density at radius 3 is 2.46 bits per heavy atom. The van der Waals surface area contributed by atoms with E-state index in [2.05, 4.69) is 10.6 Å². The van der Waals surface area contributed by atoms with Gasteiger partial charge in [-0.2, -0.15) is 0 Å². The van der Waals surface area contributed by atoms with Gasteiger partial charge in [0.1, 0.15) is 12.2 Å². The van der Waals surface area contributed by atoms with Crippen molar-refractivity contribution < 1.29 is 23.9 Å². The number of amides is 4. The minimum atomic E-state index is -0.661. The number of carbonyl (C=O) groups is 4. The lowest BCUT2D eigenvalue weighted by atomic mass is 10.1. The van der Waals surface area contributed by atoms with E-state index in [0.29, 0.717) is 11.3 Å². The van der Waals surface area contributed by atoms with Crippen LogP contribution in [0, 0.1) is 27.7 Å². The molecule has 1 aromatic heterocycles. The fourth-order valence-electron chi connectivity index (χ4n) is 4.44. The van der Waals surface area contributed by atoms with Crippen molar-refractivity contribution in [2.75, 3.05) is 19.0 Å². The zero-order valence-corrected chi connectivity index (χ0v) is 21.3. The number of methoxy groups -OCH3 is 1. The second kappa shape index (κ2) is 10.1. The van der Waals surface area contributed by atoms with Crippen molar-refractivity contribution in [3.63, 3.8) is 0 Å². The number of aryl methyl sites for hydroxylation is 2. The summed E-state index contributed by atoms with van der Waals surface area (Å²) in [5.74, 6) is -1.48. The van der Waals surface area contributed by atoms with Crippen LogP contribution in [0.15, 0.2) is 54.2 Å². The summed E-state index contributed by atoms with van der Waals surface area (Å²) in [6.45, 7) is 7.14. The Morgan fingerprint density at radius 1 is 1.03 bits per heavy atom. The zero-order valence-electron chi connectivity index (χ0n) is 21.3. The summed E-state index contributed by atoms with van der Waals surface area (Å²) in [5.41, 5.74) is 6.07. The number of nitrogens with one attached hydrogen (secondary N) is 2. The molecule has 0 spiro atoms. The first-order valence-corrected chi connectivity index (χ1v) is 11.7. The van der Waals surface area contributed by atoms with Crippen LogP contribution in [-0.2, 0) is 14.3 Å². The molecule has 1 aliphatic rings. The van der Waals surface area contributed by atoms with Gasteiger partial charge in [-0.25, -0.2) is 14.5 Å². The average Bonchev–Trinajstić information content (AvgIpc) is 3.27. The number of carbonyl (C=O) groups excluding carboxylic acids is 4. The van der Waals surface area contributed by atoms with Crippen LogP contribution in [0.1, 0.15) is 38.4 Å². The average molecular weight is 501 g/mol. The second-order valence-electron chi connectivity index (χ2n) is 8.90. The van der Waals surface area contributed by atoms with Crippen LogP contribution < -0.4 is 10.6 Å². The second-order valence-corrected chi connectivity index (χ2v) is 8.90. The molecule has 0 aliphatic carbocycles. The van der Waals surface area contributed by atoms with Gasteiger partial charge in [0.25, 0.3) is 5.91 Å². The van der Waals surface area contributed by atoms with Crippen molar-refractivity contribution in [2.24, 2.45) is 0 Å². The maximum absolute atomic E-state index is 13.0. The molecule has 4 amide bonds. The van der Waals surface area contributed by atoms with Gasteiger partial charge in [0, 0.05) is 22.8 Å². The number of hydrogen-bond acceptors (Lipinski definition) is 5. The highest BCUT2D eigenvalue weighted by Gasteiger charge is 2.35. The van der Waals surface area contributed by atoms with Crippen molar-refractivity contribution in [2.45, 2.75) is 27.7 Å². The van der Waals surface area contributed by atoms with Gasteiger partial charge in [0.05, 0.1) is 12.7 Å². The highest BCUT2D eigenvalue weighted by atomic mass is 16.5. The highest BCUT2D eigenvalue weighted by molar-refractivity contribution is 6.16. The van der Waals surface area contributed by atoms with Crippen LogP contribution in [0.4, 0.5) is 10.5 Å². The number of nitrogens with zero attached hydrogens (tertiary/aromatic N) is 2. The fourth-order valence-corrected chi connectivity index (χ4v) is 4.44. The molecule has 9 heteroatoms. The molecular weight excluding hydrogens is 472 g/mol. The number of ether oxygens (including phenoxy) is 1. The van der Waals surface area contributed by atoms with E-state index in [-0.39, 0.29) is 5.70 Å². The molecule has 0 bridgehead atoms. The molecule has 190 valence electrons. The molecule has 37 heavy (non-hydrogen) atoms. The first-order chi connectivity index (χ1) is 17.6. The maximum atomic E-state index is 13.0. The lowest BCUT2D eigenvalue weighted by Gasteiger charge is -2.15. The monoisotopic (exact) mass is 500 g/mol. The molecule has 0 radical (unpaired) electrons. The number of rotatable bonds is 6. The zero-order chi connectivity index (χ0) is 26.9. The largest absolute Gasteiger partial charge is 0.465 e. The minimum Gasteiger partial charge on any atom is -0.465 e. The van der Waals surface area contributed by atoms with E-state index in [1.54, 1.807) is 30.3 Å². The van der Waals surface area contributed by atoms with Crippen LogP contribution >= 0.6 is 0 Å². The molecule has 2 heterocycles. The molecule has 3 aromatic rings. The first-order valence-electron chi connectivity index (χ1n) is 11.7. The quantitative estimate of drug-likeness (QED) is 0.302. The summed E-state index contributed by atoms with van der Waals surface area (Å²) in [7, 11) is 1.34.